The molecule has 0 radical (unpaired) electrons. The van der Waals surface area contributed by atoms with Crippen LogP contribution in [0.2, 0.25) is 5.02 Å². The third kappa shape index (κ3) is 5.50. The van der Waals surface area contributed by atoms with Gasteiger partial charge in [-0.05, 0) is 30.2 Å². The molecule has 4 rings (SSSR count). The highest BCUT2D eigenvalue weighted by molar-refractivity contribution is 6.33. The van der Waals surface area contributed by atoms with E-state index in [0.29, 0.717) is 30.4 Å². The van der Waals surface area contributed by atoms with Gasteiger partial charge in [-0.25, -0.2) is 4.98 Å². The Morgan fingerprint density at radius 3 is 2.63 bits per heavy atom. The molecule has 2 aliphatic heterocycles. The lowest BCUT2D eigenvalue weighted by Crippen LogP contribution is -2.48. The minimum absolute atomic E-state index is 0.0257. The van der Waals surface area contributed by atoms with Crippen LogP contribution in [0.4, 0.5) is 5.82 Å². The number of piperidine rings is 1. The number of nitrogens with one attached hydrogen (secondary N) is 1. The van der Waals surface area contributed by atoms with E-state index in [1.165, 1.54) is 6.92 Å². The van der Waals surface area contributed by atoms with E-state index in [1.54, 1.807) is 36.2 Å². The minimum Gasteiger partial charge on any atom is -0.349 e. The van der Waals surface area contributed by atoms with E-state index >= 15 is 0 Å². The standard InChI is InChI=1S/C25H33ClN6O3/c1-15(33)31-12-16(6-17(13-31)24(35)30(4)5)7-23(34)29-22-8-18(20(26)11-27-22)19-10-28-32-14-25(2,3)9-21(19)32/h8,10-11,16-17H,6-7,9,12-14H2,1-5H3,(H,27,29,34)/t16-,17+/m1/s1. The van der Waals surface area contributed by atoms with Crippen molar-refractivity contribution in [2.75, 3.05) is 32.5 Å². The van der Waals surface area contributed by atoms with Crippen LogP contribution in [0.15, 0.2) is 18.5 Å². The second-order valence-electron chi connectivity index (χ2n) is 10.8. The Hall–Kier alpha value is -2.94. The molecule has 35 heavy (non-hydrogen) atoms. The van der Waals surface area contributed by atoms with Gasteiger partial charge in [0.15, 0.2) is 0 Å². The molecule has 2 aromatic rings. The van der Waals surface area contributed by atoms with Gasteiger partial charge >= 0.3 is 0 Å². The number of fused-ring (bicyclic) bond motifs is 1. The maximum absolute atomic E-state index is 12.9. The number of pyridine rings is 1. The number of rotatable bonds is 5. The molecule has 1 saturated heterocycles. The van der Waals surface area contributed by atoms with Crippen molar-refractivity contribution in [3.8, 4) is 11.1 Å². The summed E-state index contributed by atoms with van der Waals surface area (Å²) in [6.45, 7) is 7.61. The van der Waals surface area contributed by atoms with Gasteiger partial charge in [0, 0.05) is 70.1 Å². The van der Waals surface area contributed by atoms with Gasteiger partial charge in [-0.2, -0.15) is 5.10 Å². The van der Waals surface area contributed by atoms with Crippen molar-refractivity contribution in [1.29, 1.82) is 0 Å². The molecule has 188 valence electrons. The molecule has 0 aromatic carbocycles. The molecule has 2 atom stereocenters. The molecule has 0 saturated carbocycles. The summed E-state index contributed by atoms with van der Waals surface area (Å²) < 4.78 is 2.01. The summed E-state index contributed by atoms with van der Waals surface area (Å²) in [5.41, 5.74) is 3.00. The van der Waals surface area contributed by atoms with Crippen molar-refractivity contribution >= 4 is 35.1 Å². The Balaban J connectivity index is 1.47. The molecule has 10 heteroatoms. The van der Waals surface area contributed by atoms with Gasteiger partial charge in [-0.3, -0.25) is 19.1 Å². The van der Waals surface area contributed by atoms with E-state index in [-0.39, 0.29) is 41.4 Å². The van der Waals surface area contributed by atoms with E-state index in [0.717, 1.165) is 29.8 Å². The molecule has 4 heterocycles. The lowest BCUT2D eigenvalue weighted by atomic mass is 9.86. The number of likely N-dealkylation sites (tertiary alicyclic amines) is 1. The van der Waals surface area contributed by atoms with E-state index in [4.69, 9.17) is 11.6 Å². The Labute approximate surface area is 210 Å². The van der Waals surface area contributed by atoms with Crippen LogP contribution >= 0.6 is 11.6 Å². The van der Waals surface area contributed by atoms with Crippen LogP contribution in [-0.4, -0.2) is 69.5 Å². The van der Waals surface area contributed by atoms with E-state index in [2.05, 4.69) is 29.2 Å². The molecule has 0 aliphatic carbocycles. The molecule has 0 spiro atoms. The lowest BCUT2D eigenvalue weighted by Gasteiger charge is -2.37. The smallest absolute Gasteiger partial charge is 0.226 e. The summed E-state index contributed by atoms with van der Waals surface area (Å²) in [4.78, 5) is 45.0. The normalized spacial score (nSPS) is 20.9. The van der Waals surface area contributed by atoms with E-state index < -0.39 is 0 Å². The van der Waals surface area contributed by atoms with Crippen molar-refractivity contribution < 1.29 is 14.4 Å². The predicted octanol–water partition coefficient (Wildman–Crippen LogP) is 3.08. The van der Waals surface area contributed by atoms with Crippen molar-refractivity contribution in [1.82, 2.24) is 24.6 Å². The molecular weight excluding hydrogens is 468 g/mol. The summed E-state index contributed by atoms with van der Waals surface area (Å²) in [6.07, 6.45) is 5.01. The van der Waals surface area contributed by atoms with Crippen LogP contribution in [0.5, 0.6) is 0 Å². The average molecular weight is 501 g/mol. The van der Waals surface area contributed by atoms with Crippen molar-refractivity contribution in [3.63, 3.8) is 0 Å². The number of anilines is 1. The maximum Gasteiger partial charge on any atom is 0.226 e. The Morgan fingerprint density at radius 2 is 1.94 bits per heavy atom. The third-order valence-corrected chi connectivity index (χ3v) is 7.13. The second kappa shape index (κ2) is 9.60. The number of hydrogen-bond acceptors (Lipinski definition) is 5. The van der Waals surface area contributed by atoms with Gasteiger partial charge in [0.1, 0.15) is 5.82 Å². The highest BCUT2D eigenvalue weighted by Crippen LogP contribution is 2.39. The zero-order chi connectivity index (χ0) is 25.5. The second-order valence-corrected chi connectivity index (χ2v) is 11.2. The number of hydrogen-bond donors (Lipinski definition) is 1. The van der Waals surface area contributed by atoms with Gasteiger partial charge in [-0.1, -0.05) is 25.4 Å². The summed E-state index contributed by atoms with van der Waals surface area (Å²) in [7, 11) is 3.41. The number of aromatic nitrogens is 3. The van der Waals surface area contributed by atoms with E-state index in [9.17, 15) is 14.4 Å². The first-order valence-electron chi connectivity index (χ1n) is 11.9. The van der Waals surface area contributed by atoms with Crippen LogP contribution in [0.3, 0.4) is 0 Å². The SMILES string of the molecule is CC(=O)N1C[C@@H](CC(=O)Nc2cc(-c3cnn4c3CC(C)(C)C4)c(Cl)cn2)C[C@H](C(=O)N(C)C)C1. The first-order chi connectivity index (χ1) is 16.4. The fourth-order valence-corrected chi connectivity index (χ4v) is 5.40. The molecule has 0 bridgehead atoms. The van der Waals surface area contributed by atoms with Crippen LogP contribution < -0.4 is 5.32 Å². The minimum atomic E-state index is -0.311. The van der Waals surface area contributed by atoms with Crippen LogP contribution in [0.25, 0.3) is 11.1 Å². The summed E-state index contributed by atoms with van der Waals surface area (Å²) in [5.74, 6) is -0.343. The molecule has 9 nitrogen and oxygen atoms in total. The van der Waals surface area contributed by atoms with Gasteiger partial charge in [-0.15, -0.1) is 0 Å². The number of amides is 3. The number of carbonyl (C=O) groups excluding carboxylic acids is 3. The largest absolute Gasteiger partial charge is 0.349 e. The third-order valence-electron chi connectivity index (χ3n) is 6.83. The first-order valence-corrected chi connectivity index (χ1v) is 12.3. The Bertz CT molecular complexity index is 1160. The Kier molecular flexibility index (Phi) is 6.90. The van der Waals surface area contributed by atoms with Crippen LogP contribution in [-0.2, 0) is 27.3 Å². The average Bonchev–Trinajstić information content (AvgIpc) is 3.29. The zero-order valence-electron chi connectivity index (χ0n) is 21.0. The molecule has 3 amide bonds. The topological polar surface area (TPSA) is 100 Å². The molecular formula is C25H33ClN6O3. The first kappa shape index (κ1) is 25.2. The lowest BCUT2D eigenvalue weighted by molar-refractivity contribution is -0.140. The Morgan fingerprint density at radius 1 is 1.20 bits per heavy atom. The van der Waals surface area contributed by atoms with Crippen molar-refractivity contribution in [3.05, 3.63) is 29.2 Å². The quantitative estimate of drug-likeness (QED) is 0.680. The van der Waals surface area contributed by atoms with Gasteiger partial charge in [0.2, 0.25) is 17.7 Å². The van der Waals surface area contributed by atoms with Gasteiger partial charge in [0.25, 0.3) is 0 Å². The molecule has 1 fully saturated rings. The molecule has 1 N–H and O–H groups in total. The van der Waals surface area contributed by atoms with Gasteiger partial charge in [0.05, 0.1) is 17.1 Å². The van der Waals surface area contributed by atoms with Crippen LogP contribution in [0.1, 0.15) is 39.3 Å². The van der Waals surface area contributed by atoms with Crippen molar-refractivity contribution in [2.45, 2.75) is 46.6 Å². The van der Waals surface area contributed by atoms with Gasteiger partial charge < -0.3 is 15.1 Å². The number of halogens is 1. The fraction of sp³-hybridized carbons (Fsp3) is 0.560. The highest BCUT2D eigenvalue weighted by Gasteiger charge is 2.35. The maximum atomic E-state index is 12.9. The molecule has 0 unspecified atom stereocenters. The molecule has 2 aromatic heterocycles. The van der Waals surface area contributed by atoms with E-state index in [1.807, 2.05) is 10.9 Å². The zero-order valence-corrected chi connectivity index (χ0v) is 21.7. The summed E-state index contributed by atoms with van der Waals surface area (Å²) >= 11 is 6.48. The monoisotopic (exact) mass is 500 g/mol. The highest BCUT2D eigenvalue weighted by atomic mass is 35.5. The van der Waals surface area contributed by atoms with Crippen molar-refractivity contribution in [2.24, 2.45) is 17.3 Å². The predicted molar refractivity (Wildman–Crippen MR) is 134 cm³/mol. The summed E-state index contributed by atoms with van der Waals surface area (Å²) in [6, 6.07) is 1.78. The summed E-state index contributed by atoms with van der Waals surface area (Å²) in [5, 5.41) is 7.90. The van der Waals surface area contributed by atoms with Crippen LogP contribution in [0, 0.1) is 17.3 Å². The number of carbonyl (C=O) groups is 3. The number of nitrogens with zero attached hydrogens (tertiary/aromatic N) is 5. The fourth-order valence-electron chi connectivity index (χ4n) is 5.20. The molecule has 2 aliphatic rings.